The maximum absolute atomic E-state index is 11.8. The average molecular weight is 276 g/mol. The highest BCUT2D eigenvalue weighted by Gasteiger charge is 2.25. The number of carbonyl (C=O) groups excluding carboxylic acids is 1. The van der Waals surface area contributed by atoms with Gasteiger partial charge in [-0.1, -0.05) is 0 Å². The molecule has 7 heteroatoms. The average Bonchev–Trinajstić information content (AvgIpc) is 2.48. The normalized spacial score (nSPS) is 18.4. The SMILES string of the molecule is COCC(=O)N1CCCC(Oc2nccnc2C#N)C1. The van der Waals surface area contributed by atoms with Crippen LogP contribution in [0.15, 0.2) is 12.4 Å². The van der Waals surface area contributed by atoms with Crippen molar-refractivity contribution in [2.75, 3.05) is 26.8 Å². The first kappa shape index (κ1) is 14.2. The van der Waals surface area contributed by atoms with Crippen molar-refractivity contribution in [2.24, 2.45) is 0 Å². The maximum atomic E-state index is 11.8. The minimum Gasteiger partial charge on any atom is -0.470 e. The number of ether oxygens (including phenoxy) is 2. The van der Waals surface area contributed by atoms with Crippen LogP contribution >= 0.6 is 0 Å². The summed E-state index contributed by atoms with van der Waals surface area (Å²) in [5.41, 5.74) is 0.160. The molecule has 0 N–H and O–H groups in total. The molecule has 20 heavy (non-hydrogen) atoms. The summed E-state index contributed by atoms with van der Waals surface area (Å²) in [7, 11) is 1.49. The van der Waals surface area contributed by atoms with Crippen molar-refractivity contribution in [3.05, 3.63) is 18.1 Å². The molecule has 1 aliphatic rings. The van der Waals surface area contributed by atoms with E-state index in [-0.39, 0.29) is 30.2 Å². The Kier molecular flexibility index (Phi) is 4.85. The van der Waals surface area contributed by atoms with E-state index in [1.165, 1.54) is 19.5 Å². The van der Waals surface area contributed by atoms with Gasteiger partial charge >= 0.3 is 0 Å². The van der Waals surface area contributed by atoms with Crippen LogP contribution in [-0.2, 0) is 9.53 Å². The molecule has 0 saturated carbocycles. The molecule has 2 heterocycles. The number of hydrogen-bond acceptors (Lipinski definition) is 6. The summed E-state index contributed by atoms with van der Waals surface area (Å²) >= 11 is 0. The largest absolute Gasteiger partial charge is 0.470 e. The van der Waals surface area contributed by atoms with Crippen LogP contribution in [0.1, 0.15) is 18.5 Å². The Morgan fingerprint density at radius 3 is 3.10 bits per heavy atom. The Balaban J connectivity index is 1.99. The molecule has 0 radical (unpaired) electrons. The molecule has 1 aliphatic heterocycles. The molecular formula is C13H16N4O3. The number of nitrogens with zero attached hydrogens (tertiary/aromatic N) is 4. The van der Waals surface area contributed by atoms with E-state index in [4.69, 9.17) is 14.7 Å². The molecule has 0 spiro atoms. The minimum atomic E-state index is -0.173. The smallest absolute Gasteiger partial charge is 0.251 e. The summed E-state index contributed by atoms with van der Waals surface area (Å²) in [6.45, 7) is 1.25. The highest BCUT2D eigenvalue weighted by atomic mass is 16.5. The zero-order chi connectivity index (χ0) is 14.4. The molecule has 0 aliphatic carbocycles. The van der Waals surface area contributed by atoms with Gasteiger partial charge in [-0.25, -0.2) is 9.97 Å². The predicted octanol–water partition coefficient (Wildman–Crippen LogP) is 0.364. The van der Waals surface area contributed by atoms with Gasteiger partial charge in [0.25, 0.3) is 5.88 Å². The van der Waals surface area contributed by atoms with Gasteiger partial charge < -0.3 is 14.4 Å². The van der Waals surface area contributed by atoms with Gasteiger partial charge in [0, 0.05) is 26.0 Å². The van der Waals surface area contributed by atoms with E-state index in [9.17, 15) is 4.79 Å². The van der Waals surface area contributed by atoms with Gasteiger partial charge in [0.05, 0.1) is 6.54 Å². The number of hydrogen-bond donors (Lipinski definition) is 0. The lowest BCUT2D eigenvalue weighted by molar-refractivity contribution is -0.137. The van der Waals surface area contributed by atoms with Crippen molar-refractivity contribution < 1.29 is 14.3 Å². The third-order valence-corrected chi connectivity index (χ3v) is 3.05. The molecule has 106 valence electrons. The standard InChI is InChI=1S/C13H16N4O3/c1-19-9-12(18)17-6-2-3-10(8-17)20-13-11(7-14)15-4-5-16-13/h4-5,10H,2-3,6,8-9H2,1H3. The molecule has 1 fully saturated rings. The van der Waals surface area contributed by atoms with E-state index in [1.54, 1.807) is 4.90 Å². The number of amides is 1. The molecule has 0 aromatic carbocycles. The van der Waals surface area contributed by atoms with Crippen LogP contribution in [0.2, 0.25) is 0 Å². The lowest BCUT2D eigenvalue weighted by atomic mass is 10.1. The quantitative estimate of drug-likeness (QED) is 0.789. The topological polar surface area (TPSA) is 88.3 Å². The molecule has 2 rings (SSSR count). The molecule has 1 amide bonds. The second kappa shape index (κ2) is 6.82. The van der Waals surface area contributed by atoms with Crippen molar-refractivity contribution in [1.82, 2.24) is 14.9 Å². The summed E-state index contributed by atoms with van der Waals surface area (Å²) in [6, 6.07) is 1.94. The van der Waals surface area contributed by atoms with E-state index in [1.807, 2.05) is 6.07 Å². The molecule has 1 aromatic rings. The molecule has 0 bridgehead atoms. The maximum Gasteiger partial charge on any atom is 0.251 e. The monoisotopic (exact) mass is 276 g/mol. The summed E-state index contributed by atoms with van der Waals surface area (Å²) in [5.74, 6) is 0.168. The number of carbonyl (C=O) groups is 1. The van der Waals surface area contributed by atoms with Gasteiger partial charge in [0.2, 0.25) is 11.6 Å². The Labute approximate surface area is 117 Å². The summed E-state index contributed by atoms with van der Waals surface area (Å²) < 4.78 is 10.6. The fourth-order valence-corrected chi connectivity index (χ4v) is 2.12. The van der Waals surface area contributed by atoms with Gasteiger partial charge in [0.15, 0.2) is 0 Å². The lowest BCUT2D eigenvalue weighted by Crippen LogP contribution is -2.45. The van der Waals surface area contributed by atoms with Crippen LogP contribution in [-0.4, -0.2) is 53.7 Å². The number of nitriles is 1. The summed E-state index contributed by atoms with van der Waals surface area (Å²) in [5, 5.41) is 8.94. The van der Waals surface area contributed by atoms with Gasteiger partial charge in [-0.2, -0.15) is 5.26 Å². The van der Waals surface area contributed by atoms with Crippen molar-refractivity contribution in [3.8, 4) is 11.9 Å². The zero-order valence-electron chi connectivity index (χ0n) is 11.3. The predicted molar refractivity (Wildman–Crippen MR) is 68.9 cm³/mol. The van der Waals surface area contributed by atoms with Crippen LogP contribution in [0.3, 0.4) is 0 Å². The second-order valence-corrected chi connectivity index (χ2v) is 4.48. The molecule has 7 nitrogen and oxygen atoms in total. The van der Waals surface area contributed by atoms with Gasteiger partial charge in [0.1, 0.15) is 18.8 Å². The Morgan fingerprint density at radius 1 is 1.55 bits per heavy atom. The third kappa shape index (κ3) is 3.42. The highest BCUT2D eigenvalue weighted by Crippen LogP contribution is 2.18. The van der Waals surface area contributed by atoms with Crippen LogP contribution < -0.4 is 4.74 Å². The first-order chi connectivity index (χ1) is 9.74. The van der Waals surface area contributed by atoms with Crippen molar-refractivity contribution in [2.45, 2.75) is 18.9 Å². The van der Waals surface area contributed by atoms with Crippen LogP contribution in [0.4, 0.5) is 0 Å². The first-order valence-corrected chi connectivity index (χ1v) is 6.39. The number of piperidine rings is 1. The van der Waals surface area contributed by atoms with Gasteiger partial charge in [-0.05, 0) is 12.8 Å². The highest BCUT2D eigenvalue weighted by molar-refractivity contribution is 5.77. The van der Waals surface area contributed by atoms with Gasteiger partial charge in [-0.15, -0.1) is 0 Å². The number of methoxy groups -OCH3 is 1. The molecule has 1 unspecified atom stereocenters. The number of likely N-dealkylation sites (tertiary alicyclic amines) is 1. The Hall–Kier alpha value is -2.20. The molecule has 1 atom stereocenters. The fourth-order valence-electron chi connectivity index (χ4n) is 2.12. The van der Waals surface area contributed by atoms with Crippen LogP contribution in [0.25, 0.3) is 0 Å². The van der Waals surface area contributed by atoms with Crippen LogP contribution in [0.5, 0.6) is 5.88 Å². The van der Waals surface area contributed by atoms with E-state index in [0.717, 1.165) is 12.8 Å². The second-order valence-electron chi connectivity index (χ2n) is 4.48. The van der Waals surface area contributed by atoms with E-state index in [0.29, 0.717) is 13.1 Å². The van der Waals surface area contributed by atoms with Crippen molar-refractivity contribution in [3.63, 3.8) is 0 Å². The molecular weight excluding hydrogens is 260 g/mol. The first-order valence-electron chi connectivity index (χ1n) is 6.39. The fraction of sp³-hybridized carbons (Fsp3) is 0.538. The Bertz CT molecular complexity index is 515. The van der Waals surface area contributed by atoms with E-state index < -0.39 is 0 Å². The molecule has 1 aromatic heterocycles. The van der Waals surface area contributed by atoms with Crippen molar-refractivity contribution in [1.29, 1.82) is 5.26 Å². The lowest BCUT2D eigenvalue weighted by Gasteiger charge is -2.32. The Morgan fingerprint density at radius 2 is 2.35 bits per heavy atom. The molecule has 1 saturated heterocycles. The number of aromatic nitrogens is 2. The third-order valence-electron chi connectivity index (χ3n) is 3.05. The van der Waals surface area contributed by atoms with E-state index >= 15 is 0 Å². The van der Waals surface area contributed by atoms with Gasteiger partial charge in [-0.3, -0.25) is 4.79 Å². The summed E-state index contributed by atoms with van der Waals surface area (Å²) in [4.78, 5) is 21.4. The summed E-state index contributed by atoms with van der Waals surface area (Å²) in [6.07, 6.45) is 4.42. The minimum absolute atomic E-state index is 0.0551. The van der Waals surface area contributed by atoms with E-state index in [2.05, 4.69) is 9.97 Å². The number of rotatable bonds is 4. The van der Waals surface area contributed by atoms with Crippen LogP contribution in [0, 0.1) is 11.3 Å². The zero-order valence-corrected chi connectivity index (χ0v) is 11.3. The van der Waals surface area contributed by atoms with Crippen molar-refractivity contribution >= 4 is 5.91 Å².